The van der Waals surface area contributed by atoms with Gasteiger partial charge in [-0.25, -0.2) is 0 Å². The molecule has 21 heavy (non-hydrogen) atoms. The highest BCUT2D eigenvalue weighted by atomic mass is 31.1. The minimum Gasteiger partial charge on any atom is -0.122 e. The van der Waals surface area contributed by atoms with Crippen molar-refractivity contribution < 1.29 is 0 Å². The largest absolute Gasteiger partial charge is 0.122 e. The third-order valence-corrected chi connectivity index (χ3v) is 5.45. The zero-order chi connectivity index (χ0) is 15.0. The monoisotopic (exact) mass is 306 g/mol. The molecular weight excluding hydrogens is 271 g/mol. The summed E-state index contributed by atoms with van der Waals surface area (Å²) in [6.07, 6.45) is 18.7. The maximum atomic E-state index is 2.29. The number of rotatable bonds is 14. The predicted molar refractivity (Wildman–Crippen MR) is 100 cm³/mol. The van der Waals surface area contributed by atoms with Crippen LogP contribution in [0.1, 0.15) is 76.7 Å². The summed E-state index contributed by atoms with van der Waals surface area (Å²) in [4.78, 5) is 0. The second kappa shape index (κ2) is 14.6. The van der Waals surface area contributed by atoms with E-state index in [2.05, 4.69) is 37.3 Å². The normalized spacial score (nSPS) is 11.5. The molecule has 0 heterocycles. The molecule has 0 amide bonds. The lowest BCUT2D eigenvalue weighted by molar-refractivity contribution is 0.563. The number of hydrogen-bond acceptors (Lipinski definition) is 0. The van der Waals surface area contributed by atoms with Gasteiger partial charge in [-0.15, -0.1) is 8.58 Å². The maximum absolute atomic E-state index is 2.29. The highest BCUT2D eigenvalue weighted by molar-refractivity contribution is 7.37. The summed E-state index contributed by atoms with van der Waals surface area (Å²) in [5.74, 6) is 0. The summed E-state index contributed by atoms with van der Waals surface area (Å²) >= 11 is 0. The summed E-state index contributed by atoms with van der Waals surface area (Å²) in [6.45, 7) is 2.29. The van der Waals surface area contributed by atoms with E-state index in [0.717, 1.165) is 0 Å². The van der Waals surface area contributed by atoms with Crippen LogP contribution in [-0.4, -0.2) is 12.3 Å². The summed E-state index contributed by atoms with van der Waals surface area (Å²) < 4.78 is 0. The standard InChI is InChI=1S/C20H35P/c1-2-3-4-5-6-7-8-9-10-14-18-21-19-17-20-15-12-11-13-16-20/h11-13,15-16,21H,2-10,14,17-19H2,1H3. The van der Waals surface area contributed by atoms with Crippen molar-refractivity contribution in [1.82, 2.24) is 0 Å². The van der Waals surface area contributed by atoms with Crippen molar-refractivity contribution >= 4 is 8.58 Å². The molecule has 0 aliphatic rings. The van der Waals surface area contributed by atoms with Gasteiger partial charge in [-0.05, 0) is 30.7 Å². The van der Waals surface area contributed by atoms with Crippen LogP contribution < -0.4 is 0 Å². The fourth-order valence-electron chi connectivity index (χ4n) is 2.74. The molecule has 0 spiro atoms. The Hall–Kier alpha value is -0.350. The molecule has 120 valence electrons. The smallest absolute Gasteiger partial charge is 0.0242 e. The van der Waals surface area contributed by atoms with Crippen LogP contribution in [0.3, 0.4) is 0 Å². The quantitative estimate of drug-likeness (QED) is 0.261. The van der Waals surface area contributed by atoms with Crippen LogP contribution in [0.25, 0.3) is 0 Å². The molecule has 0 aliphatic carbocycles. The van der Waals surface area contributed by atoms with Crippen molar-refractivity contribution in [2.75, 3.05) is 12.3 Å². The van der Waals surface area contributed by atoms with Gasteiger partial charge in [-0.2, -0.15) is 0 Å². The Labute approximate surface area is 134 Å². The van der Waals surface area contributed by atoms with Crippen molar-refractivity contribution in [2.45, 2.75) is 77.6 Å². The molecule has 0 nitrogen and oxygen atoms in total. The number of aryl methyl sites for hydroxylation is 1. The lowest BCUT2D eigenvalue weighted by Crippen LogP contribution is -1.88. The van der Waals surface area contributed by atoms with Crippen LogP contribution in [0.15, 0.2) is 30.3 Å². The third-order valence-electron chi connectivity index (χ3n) is 4.14. The first-order chi connectivity index (χ1) is 10.4. The Morgan fingerprint density at radius 3 is 1.86 bits per heavy atom. The molecule has 0 aromatic heterocycles. The van der Waals surface area contributed by atoms with E-state index in [9.17, 15) is 0 Å². The molecule has 0 saturated heterocycles. The van der Waals surface area contributed by atoms with Gasteiger partial charge in [-0.1, -0.05) is 95.0 Å². The van der Waals surface area contributed by atoms with E-state index in [1.807, 2.05) is 0 Å². The summed E-state index contributed by atoms with van der Waals surface area (Å²) in [5, 5.41) is 0. The van der Waals surface area contributed by atoms with Gasteiger partial charge >= 0.3 is 0 Å². The van der Waals surface area contributed by atoms with Crippen molar-refractivity contribution in [2.24, 2.45) is 0 Å². The highest BCUT2D eigenvalue weighted by Crippen LogP contribution is 2.17. The van der Waals surface area contributed by atoms with E-state index in [0.29, 0.717) is 0 Å². The second-order valence-electron chi connectivity index (χ2n) is 6.17. The van der Waals surface area contributed by atoms with Crippen molar-refractivity contribution in [1.29, 1.82) is 0 Å². The molecule has 1 heteroatoms. The van der Waals surface area contributed by atoms with E-state index in [4.69, 9.17) is 0 Å². The zero-order valence-electron chi connectivity index (χ0n) is 14.1. The van der Waals surface area contributed by atoms with Crippen LogP contribution in [0.4, 0.5) is 0 Å². The molecular formula is C20H35P. The zero-order valence-corrected chi connectivity index (χ0v) is 15.1. The minimum absolute atomic E-state index is 1.17. The van der Waals surface area contributed by atoms with E-state index < -0.39 is 0 Å². The fourth-order valence-corrected chi connectivity index (χ4v) is 3.96. The van der Waals surface area contributed by atoms with Gasteiger partial charge in [0, 0.05) is 0 Å². The Bertz CT molecular complexity index is 307. The van der Waals surface area contributed by atoms with Crippen molar-refractivity contribution in [3.63, 3.8) is 0 Å². The Balaban J connectivity index is 1.75. The van der Waals surface area contributed by atoms with Gasteiger partial charge in [-0.3, -0.25) is 0 Å². The molecule has 1 aromatic carbocycles. The first kappa shape index (κ1) is 18.7. The van der Waals surface area contributed by atoms with Gasteiger partial charge in [0.15, 0.2) is 0 Å². The topological polar surface area (TPSA) is 0 Å². The SMILES string of the molecule is CCCCCCCCCCCCPCCc1ccccc1. The molecule has 1 unspecified atom stereocenters. The Morgan fingerprint density at radius 2 is 1.24 bits per heavy atom. The van der Waals surface area contributed by atoms with E-state index in [1.165, 1.54) is 97.1 Å². The molecule has 0 radical (unpaired) electrons. The average Bonchev–Trinajstić information content (AvgIpc) is 2.53. The van der Waals surface area contributed by atoms with Crippen LogP contribution >= 0.6 is 8.58 Å². The second-order valence-corrected chi connectivity index (χ2v) is 7.67. The summed E-state index contributed by atoms with van der Waals surface area (Å²) in [5.41, 5.74) is 1.51. The minimum atomic E-state index is 1.17. The molecule has 1 rings (SSSR count). The number of hydrogen-bond donors (Lipinski definition) is 0. The fraction of sp³-hybridized carbons (Fsp3) is 0.700. The maximum Gasteiger partial charge on any atom is -0.0242 e. The predicted octanol–water partition coefficient (Wildman–Crippen LogP) is 6.83. The molecule has 0 aliphatic heterocycles. The summed E-state index contributed by atoms with van der Waals surface area (Å²) in [7, 11) is 1.17. The first-order valence-electron chi connectivity index (χ1n) is 9.18. The van der Waals surface area contributed by atoms with E-state index in [1.54, 1.807) is 0 Å². The lowest BCUT2D eigenvalue weighted by Gasteiger charge is -2.03. The van der Waals surface area contributed by atoms with E-state index in [-0.39, 0.29) is 0 Å². The average molecular weight is 306 g/mol. The van der Waals surface area contributed by atoms with Crippen LogP contribution in [0.5, 0.6) is 0 Å². The third kappa shape index (κ3) is 11.9. The van der Waals surface area contributed by atoms with Gasteiger partial charge < -0.3 is 0 Å². The lowest BCUT2D eigenvalue weighted by atomic mass is 10.1. The number of unbranched alkanes of at least 4 members (excludes halogenated alkanes) is 9. The first-order valence-corrected chi connectivity index (χ1v) is 10.6. The van der Waals surface area contributed by atoms with Gasteiger partial charge in [0.1, 0.15) is 0 Å². The van der Waals surface area contributed by atoms with Crippen LogP contribution in [0, 0.1) is 0 Å². The summed E-state index contributed by atoms with van der Waals surface area (Å²) in [6, 6.07) is 10.9. The molecule has 0 saturated carbocycles. The van der Waals surface area contributed by atoms with E-state index >= 15 is 0 Å². The van der Waals surface area contributed by atoms with Crippen LogP contribution in [-0.2, 0) is 6.42 Å². The van der Waals surface area contributed by atoms with Gasteiger partial charge in [0.25, 0.3) is 0 Å². The highest BCUT2D eigenvalue weighted by Gasteiger charge is 1.94. The van der Waals surface area contributed by atoms with Crippen molar-refractivity contribution in [3.8, 4) is 0 Å². The van der Waals surface area contributed by atoms with Crippen molar-refractivity contribution in [3.05, 3.63) is 35.9 Å². The Morgan fingerprint density at radius 1 is 0.667 bits per heavy atom. The molecule has 0 bridgehead atoms. The number of benzene rings is 1. The molecule has 0 N–H and O–H groups in total. The van der Waals surface area contributed by atoms with Gasteiger partial charge in [0.05, 0.1) is 0 Å². The van der Waals surface area contributed by atoms with Gasteiger partial charge in [0.2, 0.25) is 0 Å². The molecule has 1 atom stereocenters. The van der Waals surface area contributed by atoms with Crippen LogP contribution in [0.2, 0.25) is 0 Å². The molecule has 1 aromatic rings. The molecule has 0 fully saturated rings. The Kier molecular flexibility index (Phi) is 13.0.